The van der Waals surface area contributed by atoms with Crippen molar-refractivity contribution < 1.29 is 19.5 Å². The predicted molar refractivity (Wildman–Crippen MR) is 82.9 cm³/mol. The summed E-state index contributed by atoms with van der Waals surface area (Å²) in [6, 6.07) is 1.64. The van der Waals surface area contributed by atoms with Crippen LogP contribution in [0, 0.1) is 0 Å². The first-order valence-corrected chi connectivity index (χ1v) is 7.65. The van der Waals surface area contributed by atoms with Crippen LogP contribution in [-0.2, 0) is 4.79 Å². The lowest BCUT2D eigenvalue weighted by Gasteiger charge is -2.33. The van der Waals surface area contributed by atoms with Gasteiger partial charge >= 0.3 is 6.09 Å². The van der Waals surface area contributed by atoms with Crippen LogP contribution in [0.25, 0.3) is 6.08 Å². The lowest BCUT2D eigenvalue weighted by atomic mass is 10.3. The van der Waals surface area contributed by atoms with Gasteiger partial charge in [0, 0.05) is 32.4 Å². The lowest BCUT2D eigenvalue weighted by Crippen LogP contribution is -2.48. The molecule has 0 radical (unpaired) electrons. The van der Waals surface area contributed by atoms with E-state index in [2.05, 4.69) is 15.3 Å². The number of carbonyl (C=O) groups is 3. The molecule has 0 unspecified atom stereocenters. The summed E-state index contributed by atoms with van der Waals surface area (Å²) in [7, 11) is 0. The zero-order chi connectivity index (χ0) is 16.4. The van der Waals surface area contributed by atoms with Gasteiger partial charge in [-0.1, -0.05) is 0 Å². The minimum atomic E-state index is -0.932. The first-order chi connectivity index (χ1) is 11.0. The van der Waals surface area contributed by atoms with Gasteiger partial charge in [0.25, 0.3) is 11.1 Å². The van der Waals surface area contributed by atoms with Crippen LogP contribution in [0.5, 0.6) is 0 Å². The third-order valence-corrected chi connectivity index (χ3v) is 4.23. The summed E-state index contributed by atoms with van der Waals surface area (Å²) >= 11 is 0.829. The number of carboxylic acid groups (broad SMARTS) is 1. The van der Waals surface area contributed by atoms with Crippen LogP contribution in [0.3, 0.4) is 0 Å². The molecule has 0 spiro atoms. The molecule has 0 bridgehead atoms. The van der Waals surface area contributed by atoms with E-state index >= 15 is 0 Å². The molecule has 3 heterocycles. The largest absolute Gasteiger partial charge is 0.465 e. The Balaban J connectivity index is 1.74. The van der Waals surface area contributed by atoms with E-state index in [1.807, 2.05) is 4.90 Å². The number of imide groups is 1. The van der Waals surface area contributed by atoms with E-state index in [0.717, 1.165) is 11.8 Å². The van der Waals surface area contributed by atoms with Gasteiger partial charge in [0.05, 0.1) is 10.6 Å². The van der Waals surface area contributed by atoms with Crippen LogP contribution in [-0.4, -0.2) is 63.4 Å². The Labute approximate surface area is 135 Å². The van der Waals surface area contributed by atoms with Crippen molar-refractivity contribution in [2.45, 2.75) is 0 Å². The topological polar surface area (TPSA) is 116 Å². The monoisotopic (exact) mass is 335 g/mol. The van der Waals surface area contributed by atoms with E-state index in [9.17, 15) is 14.4 Å². The van der Waals surface area contributed by atoms with Gasteiger partial charge in [-0.05, 0) is 23.9 Å². The molecular formula is C13H13N5O4S. The standard InChI is InChI=1S/C13H13N5O4S/c19-10-9(23-12(20)16-10)7-8-1-2-14-11(15-8)17-3-5-18(6-4-17)13(21)22/h1-2,7H,3-6H2,(H,21,22)(H,16,19,20). The van der Waals surface area contributed by atoms with Crippen molar-refractivity contribution in [1.29, 1.82) is 0 Å². The molecular weight excluding hydrogens is 322 g/mol. The molecule has 2 aliphatic heterocycles. The highest BCUT2D eigenvalue weighted by Gasteiger charge is 2.25. The molecule has 2 aliphatic rings. The molecule has 0 saturated carbocycles. The Hall–Kier alpha value is -2.62. The quantitative estimate of drug-likeness (QED) is 0.755. The molecule has 0 aliphatic carbocycles. The molecule has 10 heteroatoms. The summed E-state index contributed by atoms with van der Waals surface area (Å²) in [6.07, 6.45) is 2.17. The van der Waals surface area contributed by atoms with Crippen molar-refractivity contribution in [2.75, 3.05) is 31.1 Å². The highest BCUT2D eigenvalue weighted by Crippen LogP contribution is 2.25. The van der Waals surface area contributed by atoms with Crippen LogP contribution in [0.1, 0.15) is 5.69 Å². The maximum Gasteiger partial charge on any atom is 0.407 e. The highest BCUT2D eigenvalue weighted by atomic mass is 32.2. The van der Waals surface area contributed by atoms with Crippen molar-refractivity contribution in [3.63, 3.8) is 0 Å². The Morgan fingerprint density at radius 2 is 2.04 bits per heavy atom. The van der Waals surface area contributed by atoms with Crippen LogP contribution in [0.15, 0.2) is 17.2 Å². The van der Waals surface area contributed by atoms with Crippen LogP contribution < -0.4 is 10.2 Å². The van der Waals surface area contributed by atoms with E-state index in [-0.39, 0.29) is 4.91 Å². The summed E-state index contributed by atoms with van der Waals surface area (Å²) in [6.45, 7) is 1.77. The Morgan fingerprint density at radius 1 is 1.30 bits per heavy atom. The van der Waals surface area contributed by atoms with E-state index < -0.39 is 17.2 Å². The molecule has 0 atom stereocenters. The number of carbonyl (C=O) groups excluding carboxylic acids is 2. The molecule has 120 valence electrons. The molecule has 2 saturated heterocycles. The zero-order valence-electron chi connectivity index (χ0n) is 11.9. The maximum absolute atomic E-state index is 11.5. The lowest BCUT2D eigenvalue weighted by molar-refractivity contribution is -0.115. The summed E-state index contributed by atoms with van der Waals surface area (Å²) in [5, 5.41) is 10.7. The average molecular weight is 335 g/mol. The fraction of sp³-hybridized carbons (Fsp3) is 0.308. The number of hydrogen-bond acceptors (Lipinski definition) is 7. The van der Waals surface area contributed by atoms with Gasteiger partial charge in [-0.15, -0.1) is 0 Å². The first kappa shape index (κ1) is 15.3. The SMILES string of the molecule is O=C1NC(=O)C(=Cc2ccnc(N3CCN(C(=O)O)CC3)n2)S1. The van der Waals surface area contributed by atoms with Crippen molar-refractivity contribution >= 4 is 41.0 Å². The summed E-state index contributed by atoms with van der Waals surface area (Å²) in [5.41, 5.74) is 0.517. The Bertz CT molecular complexity index is 699. The number of aromatic nitrogens is 2. The van der Waals surface area contributed by atoms with E-state index in [1.165, 1.54) is 11.0 Å². The van der Waals surface area contributed by atoms with Crippen molar-refractivity contribution in [3.8, 4) is 0 Å². The van der Waals surface area contributed by atoms with Crippen LogP contribution in [0.2, 0.25) is 0 Å². The molecule has 1 aromatic heterocycles. The smallest absolute Gasteiger partial charge is 0.407 e. The van der Waals surface area contributed by atoms with Crippen molar-refractivity contribution in [1.82, 2.24) is 20.2 Å². The van der Waals surface area contributed by atoms with Gasteiger partial charge in [-0.25, -0.2) is 14.8 Å². The Kier molecular flexibility index (Phi) is 4.15. The number of rotatable bonds is 2. The second-order valence-electron chi connectivity index (χ2n) is 4.89. The van der Waals surface area contributed by atoms with E-state index in [4.69, 9.17) is 5.11 Å². The number of hydrogen-bond donors (Lipinski definition) is 2. The van der Waals surface area contributed by atoms with E-state index in [0.29, 0.717) is 37.8 Å². The molecule has 2 fully saturated rings. The summed E-state index contributed by atoms with van der Waals surface area (Å²) in [4.78, 5) is 45.6. The van der Waals surface area contributed by atoms with Gasteiger partial charge < -0.3 is 14.9 Å². The van der Waals surface area contributed by atoms with Gasteiger partial charge in [0.2, 0.25) is 5.95 Å². The molecule has 2 N–H and O–H groups in total. The molecule has 3 rings (SSSR count). The maximum atomic E-state index is 11.5. The predicted octanol–water partition coefficient (Wildman–Crippen LogP) is 0.601. The minimum absolute atomic E-state index is 0.287. The van der Waals surface area contributed by atoms with Crippen LogP contribution >= 0.6 is 11.8 Å². The van der Waals surface area contributed by atoms with Crippen LogP contribution in [0.4, 0.5) is 15.5 Å². The minimum Gasteiger partial charge on any atom is -0.465 e. The first-order valence-electron chi connectivity index (χ1n) is 6.83. The molecule has 3 amide bonds. The number of amides is 3. The third-order valence-electron chi connectivity index (χ3n) is 3.42. The van der Waals surface area contributed by atoms with Gasteiger partial charge in [0.1, 0.15) is 0 Å². The van der Waals surface area contributed by atoms with Gasteiger partial charge in [0.15, 0.2) is 0 Å². The highest BCUT2D eigenvalue weighted by molar-refractivity contribution is 8.18. The van der Waals surface area contributed by atoms with Crippen molar-refractivity contribution in [2.24, 2.45) is 0 Å². The van der Waals surface area contributed by atoms with Crippen molar-refractivity contribution in [3.05, 3.63) is 22.9 Å². The molecule has 0 aromatic carbocycles. The number of nitrogens with one attached hydrogen (secondary N) is 1. The number of thioether (sulfide) groups is 1. The average Bonchev–Trinajstić information content (AvgIpc) is 2.85. The number of piperazine rings is 1. The molecule has 9 nitrogen and oxygen atoms in total. The molecule has 1 aromatic rings. The summed E-state index contributed by atoms with van der Waals surface area (Å²) < 4.78 is 0. The fourth-order valence-corrected chi connectivity index (χ4v) is 2.91. The third kappa shape index (κ3) is 3.42. The fourth-order valence-electron chi connectivity index (χ4n) is 2.25. The molecule has 23 heavy (non-hydrogen) atoms. The van der Waals surface area contributed by atoms with E-state index in [1.54, 1.807) is 12.3 Å². The van der Waals surface area contributed by atoms with Gasteiger partial charge in [-0.2, -0.15) is 0 Å². The second kappa shape index (κ2) is 6.24. The summed E-state index contributed by atoms with van der Waals surface area (Å²) in [5.74, 6) is 0.0364. The number of anilines is 1. The second-order valence-corrected chi connectivity index (χ2v) is 5.91. The van der Waals surface area contributed by atoms with Gasteiger partial charge in [-0.3, -0.25) is 14.9 Å². The normalized spacial score (nSPS) is 20.1. The Morgan fingerprint density at radius 3 is 2.65 bits per heavy atom. The zero-order valence-corrected chi connectivity index (χ0v) is 12.7. The number of nitrogens with zero attached hydrogens (tertiary/aromatic N) is 4.